The van der Waals surface area contributed by atoms with Gasteiger partial charge in [0.25, 0.3) is 0 Å². The van der Waals surface area contributed by atoms with Crippen molar-refractivity contribution in [2.75, 3.05) is 0 Å². The third kappa shape index (κ3) is 6.19. The number of benzene rings is 2. The fourth-order valence-corrected chi connectivity index (χ4v) is 4.27. The number of hydrogen-bond donors (Lipinski definition) is 0. The van der Waals surface area contributed by atoms with Gasteiger partial charge in [-0.3, -0.25) is 4.99 Å². The van der Waals surface area contributed by atoms with Crippen LogP contribution in [0.15, 0.2) is 66.2 Å². The summed E-state index contributed by atoms with van der Waals surface area (Å²) >= 11 is 0. The van der Waals surface area contributed by atoms with E-state index >= 15 is 0 Å². The summed E-state index contributed by atoms with van der Waals surface area (Å²) in [7, 11) is 0. The van der Waals surface area contributed by atoms with Crippen LogP contribution in [0.5, 0.6) is 0 Å². The van der Waals surface area contributed by atoms with Crippen LogP contribution in [-0.2, 0) is 6.42 Å². The monoisotopic (exact) mass is 373 g/mol. The summed E-state index contributed by atoms with van der Waals surface area (Å²) in [4.78, 5) is 4.67. The molecule has 0 aliphatic heterocycles. The van der Waals surface area contributed by atoms with E-state index in [1.54, 1.807) is 0 Å². The van der Waals surface area contributed by atoms with Gasteiger partial charge in [-0.15, -0.1) is 6.58 Å². The second kappa shape index (κ2) is 11.0. The van der Waals surface area contributed by atoms with Gasteiger partial charge in [-0.1, -0.05) is 55.8 Å². The molecule has 0 atom stereocenters. The number of allylic oxidation sites excluding steroid dienone is 1. The van der Waals surface area contributed by atoms with Gasteiger partial charge in [0.1, 0.15) is 0 Å². The van der Waals surface area contributed by atoms with Crippen LogP contribution in [0, 0.1) is 5.92 Å². The van der Waals surface area contributed by atoms with Crippen molar-refractivity contribution in [2.24, 2.45) is 10.9 Å². The first kappa shape index (κ1) is 20.6. The lowest BCUT2D eigenvalue weighted by Gasteiger charge is -2.28. The van der Waals surface area contributed by atoms with Gasteiger partial charge in [-0.2, -0.15) is 0 Å². The van der Waals surface area contributed by atoms with Gasteiger partial charge in [0.05, 0.1) is 5.69 Å². The molecule has 2 aromatic rings. The van der Waals surface area contributed by atoms with E-state index in [1.807, 2.05) is 12.3 Å². The van der Waals surface area contributed by atoms with Gasteiger partial charge in [-0.05, 0) is 92.0 Å². The molecule has 0 saturated heterocycles. The third-order valence-electron chi connectivity index (χ3n) is 6.25. The molecule has 0 spiro atoms. The molecular formula is C27H35N. The highest BCUT2D eigenvalue weighted by Gasteiger charge is 2.20. The first-order valence-corrected chi connectivity index (χ1v) is 11.1. The number of aliphatic imine (C=N–C) groups is 1. The molecule has 0 bridgehead atoms. The van der Waals surface area contributed by atoms with Crippen molar-refractivity contribution < 1.29 is 0 Å². The smallest absolute Gasteiger partial charge is 0.0630 e. The minimum Gasteiger partial charge on any atom is -0.256 e. The minimum atomic E-state index is 0.750. The van der Waals surface area contributed by atoms with Crippen molar-refractivity contribution >= 4 is 11.9 Å². The maximum atomic E-state index is 4.67. The molecule has 0 N–H and O–H groups in total. The number of aryl methyl sites for hydroxylation is 1. The zero-order valence-corrected chi connectivity index (χ0v) is 17.4. The first-order valence-electron chi connectivity index (χ1n) is 11.1. The number of rotatable bonds is 9. The molecule has 1 aliphatic rings. The molecule has 1 heteroatoms. The van der Waals surface area contributed by atoms with Crippen molar-refractivity contribution in [3.8, 4) is 0 Å². The Kier molecular flexibility index (Phi) is 8.08. The van der Waals surface area contributed by atoms with Crippen LogP contribution in [0.2, 0.25) is 0 Å². The summed E-state index contributed by atoms with van der Waals surface area (Å²) in [6.45, 7) is 6.11. The molecule has 1 aliphatic carbocycles. The van der Waals surface area contributed by atoms with Crippen LogP contribution in [0.25, 0.3) is 0 Å². The van der Waals surface area contributed by atoms with Gasteiger partial charge in [0.2, 0.25) is 0 Å². The highest BCUT2D eigenvalue weighted by atomic mass is 14.7. The van der Waals surface area contributed by atoms with E-state index in [0.717, 1.165) is 35.9 Å². The van der Waals surface area contributed by atoms with E-state index in [1.165, 1.54) is 56.1 Å². The molecule has 28 heavy (non-hydrogen) atoms. The Labute approximate surface area is 171 Å². The fourth-order valence-electron chi connectivity index (χ4n) is 4.27. The third-order valence-corrected chi connectivity index (χ3v) is 6.25. The lowest BCUT2D eigenvalue weighted by Crippen LogP contribution is -2.12. The van der Waals surface area contributed by atoms with E-state index in [-0.39, 0.29) is 0 Å². The molecule has 1 fully saturated rings. The fraction of sp³-hybridized carbons (Fsp3) is 0.444. The quantitative estimate of drug-likeness (QED) is 0.240. The highest BCUT2D eigenvalue weighted by molar-refractivity contribution is 5.81. The molecule has 0 amide bonds. The number of hydrogen-bond acceptors (Lipinski definition) is 1. The molecule has 0 unspecified atom stereocenters. The van der Waals surface area contributed by atoms with Crippen LogP contribution in [0.4, 0.5) is 5.69 Å². The summed E-state index contributed by atoms with van der Waals surface area (Å²) in [6, 6.07) is 17.7. The predicted octanol–water partition coefficient (Wildman–Crippen LogP) is 8.02. The van der Waals surface area contributed by atoms with Crippen LogP contribution >= 0.6 is 0 Å². The summed E-state index contributed by atoms with van der Waals surface area (Å²) in [5.74, 6) is 1.71. The van der Waals surface area contributed by atoms with Gasteiger partial charge in [0.15, 0.2) is 0 Å². The first-order chi connectivity index (χ1) is 13.8. The topological polar surface area (TPSA) is 12.4 Å². The van der Waals surface area contributed by atoms with Crippen LogP contribution in [0.1, 0.15) is 80.9 Å². The molecular weight excluding hydrogens is 338 g/mol. The second-order valence-electron chi connectivity index (χ2n) is 8.25. The Hall–Kier alpha value is -2.15. The van der Waals surface area contributed by atoms with Crippen molar-refractivity contribution in [1.29, 1.82) is 0 Å². The van der Waals surface area contributed by atoms with E-state index in [4.69, 9.17) is 0 Å². The molecule has 148 valence electrons. The van der Waals surface area contributed by atoms with E-state index < -0.39 is 0 Å². The maximum Gasteiger partial charge on any atom is 0.0630 e. The molecule has 1 saturated carbocycles. The van der Waals surface area contributed by atoms with Crippen LogP contribution in [0.3, 0.4) is 0 Å². The molecule has 0 heterocycles. The largest absolute Gasteiger partial charge is 0.256 e. The SMILES string of the molecule is C=CCCCCc1ccc(C=Nc2ccc(C3CCC(CC)CC3)cc2)cc1. The minimum absolute atomic E-state index is 0.750. The average molecular weight is 374 g/mol. The predicted molar refractivity (Wildman–Crippen MR) is 123 cm³/mol. The summed E-state index contributed by atoms with van der Waals surface area (Å²) in [5.41, 5.74) is 5.11. The number of unbranched alkanes of at least 4 members (excludes halogenated alkanes) is 2. The molecule has 2 aromatic carbocycles. The maximum absolute atomic E-state index is 4.67. The van der Waals surface area contributed by atoms with E-state index in [9.17, 15) is 0 Å². The van der Waals surface area contributed by atoms with E-state index in [0.29, 0.717) is 0 Å². The lowest BCUT2D eigenvalue weighted by atomic mass is 9.78. The Bertz CT molecular complexity index is 731. The summed E-state index contributed by atoms with van der Waals surface area (Å²) in [5, 5.41) is 0. The van der Waals surface area contributed by atoms with Crippen molar-refractivity contribution in [3.63, 3.8) is 0 Å². The Morgan fingerprint density at radius 3 is 2.29 bits per heavy atom. The van der Waals surface area contributed by atoms with Gasteiger partial charge in [0, 0.05) is 6.21 Å². The molecule has 0 radical (unpaired) electrons. The summed E-state index contributed by atoms with van der Waals surface area (Å²) < 4.78 is 0. The Morgan fingerprint density at radius 2 is 1.64 bits per heavy atom. The van der Waals surface area contributed by atoms with Crippen LogP contribution < -0.4 is 0 Å². The van der Waals surface area contributed by atoms with Gasteiger partial charge < -0.3 is 0 Å². The normalized spacial score (nSPS) is 19.8. The Morgan fingerprint density at radius 1 is 0.929 bits per heavy atom. The summed E-state index contributed by atoms with van der Waals surface area (Å²) in [6.07, 6.45) is 15.5. The van der Waals surface area contributed by atoms with Crippen LogP contribution in [-0.4, -0.2) is 6.21 Å². The standard InChI is InChI=1S/C27H35N/c1-3-5-6-7-8-23-9-11-24(12-10-23)21-28-27-19-17-26(18-20-27)25-15-13-22(4-2)14-16-25/h3,9-12,17-22,25H,1,4-8,13-16H2,2H3. The molecule has 1 nitrogen and oxygen atoms in total. The van der Waals surface area contributed by atoms with Crippen molar-refractivity contribution in [1.82, 2.24) is 0 Å². The van der Waals surface area contributed by atoms with Gasteiger partial charge in [-0.25, -0.2) is 0 Å². The zero-order valence-electron chi connectivity index (χ0n) is 17.4. The molecule has 0 aromatic heterocycles. The van der Waals surface area contributed by atoms with Crippen molar-refractivity contribution in [2.45, 2.75) is 70.6 Å². The highest BCUT2D eigenvalue weighted by Crippen LogP contribution is 2.37. The van der Waals surface area contributed by atoms with Crippen molar-refractivity contribution in [3.05, 3.63) is 77.9 Å². The molecule has 3 rings (SSSR count). The average Bonchev–Trinajstić information content (AvgIpc) is 2.76. The number of nitrogens with zero attached hydrogens (tertiary/aromatic N) is 1. The second-order valence-corrected chi connectivity index (χ2v) is 8.25. The Balaban J connectivity index is 1.51. The van der Waals surface area contributed by atoms with E-state index in [2.05, 4.69) is 67.0 Å². The zero-order chi connectivity index (χ0) is 19.6. The van der Waals surface area contributed by atoms with Gasteiger partial charge >= 0.3 is 0 Å². The lowest BCUT2D eigenvalue weighted by molar-refractivity contribution is 0.319.